The summed E-state index contributed by atoms with van der Waals surface area (Å²) >= 11 is 1.74. The Morgan fingerprint density at radius 1 is 1.10 bits per heavy atom. The molecule has 0 spiro atoms. The molecular weight excluding hydrogens is 537 g/mol. The number of benzene rings is 2. The summed E-state index contributed by atoms with van der Waals surface area (Å²) in [6.45, 7) is 9.38. The predicted octanol–water partition coefficient (Wildman–Crippen LogP) is 8.70. The molecule has 1 saturated carbocycles. The van der Waals surface area contributed by atoms with Crippen molar-refractivity contribution in [3.8, 4) is 17.1 Å². The van der Waals surface area contributed by atoms with Crippen molar-refractivity contribution in [1.29, 1.82) is 0 Å². The van der Waals surface area contributed by atoms with E-state index in [0.717, 1.165) is 59.5 Å². The number of aryl methyl sites for hydroxylation is 1. The van der Waals surface area contributed by atoms with Gasteiger partial charge in [0.05, 0.1) is 11.3 Å². The molecule has 1 aliphatic rings. The monoisotopic (exact) mass is 572 g/mol. The van der Waals surface area contributed by atoms with Crippen LogP contribution < -0.4 is 4.74 Å². The van der Waals surface area contributed by atoms with Gasteiger partial charge in [-0.25, -0.2) is 14.8 Å². The van der Waals surface area contributed by atoms with Crippen LogP contribution >= 0.6 is 11.8 Å². The highest BCUT2D eigenvalue weighted by molar-refractivity contribution is 7.99. The Kier molecular flexibility index (Phi) is 9.12. The van der Waals surface area contributed by atoms with Gasteiger partial charge in [-0.1, -0.05) is 25.5 Å². The number of aromatic nitrogens is 2. The van der Waals surface area contributed by atoms with Gasteiger partial charge in [-0.05, 0) is 82.9 Å². The smallest absolute Gasteiger partial charge is 0.416 e. The molecule has 214 valence electrons. The maximum atomic E-state index is 13.0. The quantitative estimate of drug-likeness (QED) is 0.179. The lowest BCUT2D eigenvalue weighted by Crippen LogP contribution is -2.27. The number of thioether (sulfide) groups is 1. The Balaban J connectivity index is 1.52. The van der Waals surface area contributed by atoms with E-state index in [9.17, 15) is 18.0 Å². The predicted molar refractivity (Wildman–Crippen MR) is 150 cm³/mol. The van der Waals surface area contributed by atoms with Gasteiger partial charge in [0, 0.05) is 33.4 Å². The van der Waals surface area contributed by atoms with E-state index < -0.39 is 23.3 Å². The number of hydrogen-bond acceptors (Lipinski definition) is 6. The number of carbonyl (C=O) groups excluding carboxylic acids is 1. The minimum atomic E-state index is -4.38. The number of carbonyl (C=O) groups is 1. The normalized spacial score (nSPS) is 14.6. The van der Waals surface area contributed by atoms with Gasteiger partial charge >= 0.3 is 12.1 Å². The van der Waals surface area contributed by atoms with Crippen molar-refractivity contribution in [2.45, 2.75) is 88.1 Å². The first-order valence-corrected chi connectivity index (χ1v) is 14.4. The largest absolute Gasteiger partial charge is 0.482 e. The maximum Gasteiger partial charge on any atom is 0.416 e. The minimum Gasteiger partial charge on any atom is -0.482 e. The highest BCUT2D eigenvalue weighted by atomic mass is 32.2. The SMILES string of the molecule is CCCC(Sc1ccc(OCC(=O)OC(C)(C)C)c(C)c1)c1cnc(-c2ccc(C(F)(F)F)cc2)nc1C1CC1. The van der Waals surface area contributed by atoms with Crippen LogP contribution in [0.1, 0.15) is 86.9 Å². The molecule has 2 aromatic carbocycles. The molecule has 0 aliphatic heterocycles. The average molecular weight is 573 g/mol. The molecule has 1 aliphatic carbocycles. The third-order valence-corrected chi connectivity index (χ3v) is 7.67. The molecule has 1 atom stereocenters. The summed E-state index contributed by atoms with van der Waals surface area (Å²) in [6.07, 6.45) is 1.45. The highest BCUT2D eigenvalue weighted by Crippen LogP contribution is 2.47. The van der Waals surface area contributed by atoms with Crippen molar-refractivity contribution in [3.63, 3.8) is 0 Å². The molecule has 4 rings (SSSR count). The lowest BCUT2D eigenvalue weighted by Gasteiger charge is -2.21. The second-order valence-corrected chi connectivity index (χ2v) is 12.4. The van der Waals surface area contributed by atoms with Crippen LogP contribution in [0.25, 0.3) is 11.4 Å². The average Bonchev–Trinajstić information content (AvgIpc) is 3.72. The number of rotatable bonds is 10. The van der Waals surface area contributed by atoms with Crippen LogP contribution in [0.15, 0.2) is 53.6 Å². The number of nitrogens with zero attached hydrogens (tertiary/aromatic N) is 2. The van der Waals surface area contributed by atoms with Crippen LogP contribution in [0.4, 0.5) is 13.2 Å². The van der Waals surface area contributed by atoms with Crippen LogP contribution in [0.5, 0.6) is 5.75 Å². The fourth-order valence-electron chi connectivity index (χ4n) is 4.35. The van der Waals surface area contributed by atoms with Crippen LogP contribution in [0, 0.1) is 6.92 Å². The van der Waals surface area contributed by atoms with Crippen molar-refractivity contribution in [3.05, 3.63) is 71.0 Å². The van der Waals surface area contributed by atoms with Gasteiger partial charge in [-0.15, -0.1) is 11.8 Å². The fourth-order valence-corrected chi connectivity index (χ4v) is 5.73. The summed E-state index contributed by atoms with van der Waals surface area (Å²) in [6, 6.07) is 10.9. The second kappa shape index (κ2) is 12.2. The van der Waals surface area contributed by atoms with E-state index in [4.69, 9.17) is 14.5 Å². The summed E-state index contributed by atoms with van der Waals surface area (Å²) in [5.74, 6) is 1.00. The van der Waals surface area contributed by atoms with E-state index in [1.54, 1.807) is 11.8 Å². The molecule has 1 aromatic heterocycles. The number of halogens is 3. The van der Waals surface area contributed by atoms with Crippen molar-refractivity contribution in [2.24, 2.45) is 0 Å². The molecule has 1 unspecified atom stereocenters. The molecule has 3 aromatic rings. The van der Waals surface area contributed by atoms with Crippen molar-refractivity contribution < 1.29 is 27.4 Å². The number of esters is 1. The van der Waals surface area contributed by atoms with Gasteiger partial charge in [0.1, 0.15) is 11.4 Å². The summed E-state index contributed by atoms with van der Waals surface area (Å²) in [5.41, 5.74) is 2.30. The summed E-state index contributed by atoms with van der Waals surface area (Å²) < 4.78 is 50.0. The molecule has 5 nitrogen and oxygen atoms in total. The van der Waals surface area contributed by atoms with E-state index in [1.807, 2.05) is 52.1 Å². The Bertz CT molecular complexity index is 1330. The second-order valence-electron chi connectivity index (χ2n) is 11.1. The molecule has 1 fully saturated rings. The first-order valence-electron chi connectivity index (χ1n) is 13.5. The molecule has 0 amide bonds. The van der Waals surface area contributed by atoms with Gasteiger partial charge in [-0.3, -0.25) is 0 Å². The zero-order chi connectivity index (χ0) is 29.1. The van der Waals surface area contributed by atoms with Gasteiger partial charge in [0.15, 0.2) is 12.4 Å². The van der Waals surface area contributed by atoms with Gasteiger partial charge < -0.3 is 9.47 Å². The van der Waals surface area contributed by atoms with E-state index in [-0.39, 0.29) is 11.9 Å². The molecule has 9 heteroatoms. The first-order chi connectivity index (χ1) is 18.8. The lowest BCUT2D eigenvalue weighted by molar-refractivity contribution is -0.157. The van der Waals surface area contributed by atoms with E-state index in [0.29, 0.717) is 23.1 Å². The number of hydrogen-bond donors (Lipinski definition) is 0. The van der Waals surface area contributed by atoms with Gasteiger partial charge in [0.2, 0.25) is 0 Å². The van der Waals surface area contributed by atoms with E-state index >= 15 is 0 Å². The van der Waals surface area contributed by atoms with Crippen LogP contribution in [-0.4, -0.2) is 28.1 Å². The third-order valence-electron chi connectivity index (χ3n) is 6.37. The summed E-state index contributed by atoms with van der Waals surface area (Å²) in [4.78, 5) is 22.6. The van der Waals surface area contributed by atoms with E-state index in [1.165, 1.54) is 12.1 Å². The topological polar surface area (TPSA) is 61.3 Å². The first kappa shape index (κ1) is 29.9. The molecule has 0 bridgehead atoms. The minimum absolute atomic E-state index is 0.121. The molecule has 1 heterocycles. The Morgan fingerprint density at radius 2 is 1.80 bits per heavy atom. The van der Waals surface area contributed by atoms with Crippen molar-refractivity contribution in [1.82, 2.24) is 9.97 Å². The molecule has 40 heavy (non-hydrogen) atoms. The fraction of sp³-hybridized carbons (Fsp3) is 0.452. The highest BCUT2D eigenvalue weighted by Gasteiger charge is 2.32. The van der Waals surface area contributed by atoms with Gasteiger partial charge in [-0.2, -0.15) is 13.2 Å². The summed E-state index contributed by atoms with van der Waals surface area (Å²) in [5, 5.41) is 0.121. The van der Waals surface area contributed by atoms with Crippen molar-refractivity contribution >= 4 is 17.7 Å². The number of ether oxygens (including phenoxy) is 2. The molecule has 0 radical (unpaired) electrons. The molecular formula is C31H35F3N2O3S. The van der Waals surface area contributed by atoms with Crippen LogP contribution in [0.2, 0.25) is 0 Å². The van der Waals surface area contributed by atoms with Crippen LogP contribution in [0.3, 0.4) is 0 Å². The van der Waals surface area contributed by atoms with Crippen molar-refractivity contribution in [2.75, 3.05) is 6.61 Å². The molecule has 0 saturated heterocycles. The zero-order valence-electron chi connectivity index (χ0n) is 23.5. The molecule has 0 N–H and O–H groups in total. The maximum absolute atomic E-state index is 13.0. The van der Waals surface area contributed by atoms with Crippen LogP contribution in [-0.2, 0) is 15.7 Å². The lowest BCUT2D eigenvalue weighted by atomic mass is 10.0. The van der Waals surface area contributed by atoms with E-state index in [2.05, 4.69) is 11.9 Å². The Labute approximate surface area is 237 Å². The van der Waals surface area contributed by atoms with Gasteiger partial charge in [0.25, 0.3) is 0 Å². The number of alkyl halides is 3. The zero-order valence-corrected chi connectivity index (χ0v) is 24.3. The third kappa shape index (κ3) is 7.99. The Hall–Kier alpha value is -3.07. The standard InChI is InChI=1S/C31H35F3N2O3S/c1-6-7-26(40-23-14-15-25(19(2)16-23)38-18-27(37)39-30(3,4)5)24-17-35-29(36-28(24)20-8-9-20)21-10-12-22(13-11-21)31(32,33)34/h10-17,20,26H,6-9,18H2,1-5H3. The Morgan fingerprint density at radius 3 is 2.38 bits per heavy atom. The summed E-state index contributed by atoms with van der Waals surface area (Å²) in [7, 11) is 0.